The fourth-order valence-corrected chi connectivity index (χ4v) is 0.994. The van der Waals surface area contributed by atoms with Crippen LogP contribution in [0.3, 0.4) is 0 Å². The first kappa shape index (κ1) is 11.1. The third-order valence-corrected chi connectivity index (χ3v) is 1.56. The van der Waals surface area contributed by atoms with E-state index >= 15 is 0 Å². The fraction of sp³-hybridized carbons (Fsp3) is 0.143. The minimum atomic E-state index is -3.27. The van der Waals surface area contributed by atoms with Crippen molar-refractivity contribution in [2.45, 2.75) is 6.43 Å². The van der Waals surface area contributed by atoms with Crippen LogP contribution in [0, 0.1) is 16.1 Å². The molecule has 8 heteroatoms. The van der Waals surface area contributed by atoms with Crippen LogP contribution in [0.1, 0.15) is 22.5 Å². The predicted octanol–water partition coefficient (Wildman–Crippen LogP) is 1.88. The van der Waals surface area contributed by atoms with Gasteiger partial charge in [-0.3, -0.25) is 14.9 Å². The topological polar surface area (TPSA) is 73.1 Å². The van der Waals surface area contributed by atoms with E-state index in [9.17, 15) is 28.1 Å². The molecule has 80 valence electrons. The predicted molar refractivity (Wildman–Crippen MR) is 41.2 cm³/mol. The zero-order valence-electron chi connectivity index (χ0n) is 6.99. The first-order valence-corrected chi connectivity index (χ1v) is 3.55. The summed E-state index contributed by atoms with van der Waals surface area (Å²) in [4.78, 5) is 22.2. The molecule has 5 nitrogen and oxygen atoms in total. The summed E-state index contributed by atoms with van der Waals surface area (Å²) in [7, 11) is 0. The zero-order valence-corrected chi connectivity index (χ0v) is 6.99. The Hall–Kier alpha value is -1.99. The van der Waals surface area contributed by atoms with Crippen LogP contribution >= 0.6 is 0 Å². The van der Waals surface area contributed by atoms with Gasteiger partial charge in [0.2, 0.25) is 5.95 Å². The third-order valence-electron chi connectivity index (χ3n) is 1.56. The quantitative estimate of drug-likeness (QED) is 0.337. The van der Waals surface area contributed by atoms with Crippen LogP contribution in [-0.2, 0) is 0 Å². The molecule has 0 amide bonds. The molecule has 0 spiro atoms. The van der Waals surface area contributed by atoms with E-state index in [0.29, 0.717) is 0 Å². The number of aldehydes is 1. The monoisotopic (exact) mass is 220 g/mol. The molecule has 0 bridgehead atoms. The number of carbonyl (C=O) groups is 1. The van der Waals surface area contributed by atoms with Crippen LogP contribution in [0.25, 0.3) is 0 Å². The number of aromatic nitrogens is 1. The maximum absolute atomic E-state index is 12.6. The Kier molecular flexibility index (Phi) is 2.98. The molecule has 0 radical (unpaired) electrons. The van der Waals surface area contributed by atoms with Crippen molar-refractivity contribution in [3.8, 4) is 0 Å². The van der Waals surface area contributed by atoms with Crippen LogP contribution in [0.4, 0.5) is 18.9 Å². The molecular formula is C7H3F3N2O3. The van der Waals surface area contributed by atoms with E-state index in [4.69, 9.17) is 0 Å². The highest BCUT2D eigenvalue weighted by molar-refractivity contribution is 5.76. The number of carbonyl (C=O) groups excluding carboxylic acids is 1. The van der Waals surface area contributed by atoms with Gasteiger partial charge in [-0.05, 0) is 0 Å². The molecule has 0 aliphatic carbocycles. The van der Waals surface area contributed by atoms with Crippen molar-refractivity contribution in [3.63, 3.8) is 0 Å². The number of hydrogen-bond donors (Lipinski definition) is 0. The minimum Gasteiger partial charge on any atom is -0.296 e. The summed E-state index contributed by atoms with van der Waals surface area (Å²) in [5, 5.41) is 10.3. The second-order valence-electron chi connectivity index (χ2n) is 2.44. The Bertz CT molecular complexity index is 422. The summed E-state index contributed by atoms with van der Waals surface area (Å²) >= 11 is 0. The Morgan fingerprint density at radius 2 is 2.13 bits per heavy atom. The highest BCUT2D eigenvalue weighted by Gasteiger charge is 2.27. The summed E-state index contributed by atoms with van der Waals surface area (Å²) in [5.41, 5.74) is -3.28. The molecule has 0 atom stereocenters. The van der Waals surface area contributed by atoms with Crippen LogP contribution in [0.5, 0.6) is 0 Å². The van der Waals surface area contributed by atoms with Crippen molar-refractivity contribution in [2.24, 2.45) is 0 Å². The van der Waals surface area contributed by atoms with Gasteiger partial charge < -0.3 is 0 Å². The molecule has 0 aliphatic rings. The lowest BCUT2D eigenvalue weighted by Crippen LogP contribution is -2.05. The van der Waals surface area contributed by atoms with E-state index in [0.717, 1.165) is 0 Å². The number of pyridine rings is 1. The van der Waals surface area contributed by atoms with E-state index in [1.807, 2.05) is 0 Å². The van der Waals surface area contributed by atoms with Gasteiger partial charge in [0.15, 0.2) is 6.29 Å². The van der Waals surface area contributed by atoms with E-state index in [-0.39, 0.29) is 12.4 Å². The van der Waals surface area contributed by atoms with Crippen LogP contribution in [-0.4, -0.2) is 16.2 Å². The lowest BCUT2D eigenvalue weighted by molar-refractivity contribution is -0.386. The lowest BCUT2D eigenvalue weighted by atomic mass is 10.1. The molecule has 15 heavy (non-hydrogen) atoms. The van der Waals surface area contributed by atoms with E-state index < -0.39 is 34.2 Å². The summed E-state index contributed by atoms with van der Waals surface area (Å²) in [5.74, 6) is -1.35. The van der Waals surface area contributed by atoms with Crippen molar-refractivity contribution in [1.82, 2.24) is 4.98 Å². The van der Waals surface area contributed by atoms with Gasteiger partial charge in [-0.1, -0.05) is 0 Å². The highest BCUT2D eigenvalue weighted by Crippen LogP contribution is 2.30. The summed E-state index contributed by atoms with van der Waals surface area (Å²) in [6.45, 7) is 0. The highest BCUT2D eigenvalue weighted by atomic mass is 19.3. The number of rotatable bonds is 3. The minimum absolute atomic E-state index is 0.155. The molecule has 0 saturated carbocycles. The number of hydrogen-bond acceptors (Lipinski definition) is 4. The second kappa shape index (κ2) is 4.03. The van der Waals surface area contributed by atoms with E-state index in [2.05, 4.69) is 4.98 Å². The van der Waals surface area contributed by atoms with Gasteiger partial charge >= 0.3 is 0 Å². The Balaban J connectivity index is 3.54. The average molecular weight is 220 g/mol. The number of halogens is 3. The first-order valence-electron chi connectivity index (χ1n) is 3.55. The van der Waals surface area contributed by atoms with Gasteiger partial charge in [0.05, 0.1) is 11.0 Å². The smallest absolute Gasteiger partial charge is 0.285 e. The van der Waals surface area contributed by atoms with Crippen molar-refractivity contribution in [3.05, 3.63) is 33.4 Å². The molecule has 0 unspecified atom stereocenters. The Morgan fingerprint density at radius 3 is 2.53 bits per heavy atom. The number of alkyl halides is 2. The summed E-state index contributed by atoms with van der Waals surface area (Å²) in [6.07, 6.45) is -3.42. The van der Waals surface area contributed by atoms with Gasteiger partial charge in [-0.25, -0.2) is 13.8 Å². The normalized spacial score (nSPS) is 10.4. The first-order chi connectivity index (χ1) is 6.97. The maximum atomic E-state index is 12.6. The van der Waals surface area contributed by atoms with Crippen molar-refractivity contribution in [1.29, 1.82) is 0 Å². The van der Waals surface area contributed by atoms with Crippen molar-refractivity contribution < 1.29 is 22.9 Å². The van der Waals surface area contributed by atoms with E-state index in [1.54, 1.807) is 0 Å². The van der Waals surface area contributed by atoms with Crippen LogP contribution in [0.2, 0.25) is 0 Å². The van der Waals surface area contributed by atoms with Crippen molar-refractivity contribution >= 4 is 12.0 Å². The maximum Gasteiger partial charge on any atom is 0.285 e. The van der Waals surface area contributed by atoms with Crippen molar-refractivity contribution in [2.75, 3.05) is 0 Å². The molecule has 0 saturated heterocycles. The average Bonchev–Trinajstić information content (AvgIpc) is 2.15. The fourth-order valence-electron chi connectivity index (χ4n) is 0.994. The molecule has 1 aromatic heterocycles. The zero-order chi connectivity index (χ0) is 11.6. The summed E-state index contributed by atoms with van der Waals surface area (Å²) < 4.78 is 37.3. The van der Waals surface area contributed by atoms with Gasteiger partial charge in [-0.2, -0.15) is 4.39 Å². The van der Waals surface area contributed by atoms with Crippen LogP contribution in [0.15, 0.2) is 6.07 Å². The number of nitrogens with zero attached hydrogens (tertiary/aromatic N) is 2. The molecule has 0 fully saturated rings. The standard InChI is InChI=1S/C7H3F3N2O3/c8-5-1-4(12(14)15)6(7(9)10)3(2-13)11-5/h1-2,7H. The van der Waals surface area contributed by atoms with Crippen LogP contribution < -0.4 is 0 Å². The SMILES string of the molecule is O=Cc1nc(F)cc([N+](=O)[O-])c1C(F)F. The third kappa shape index (κ3) is 2.09. The molecule has 1 heterocycles. The molecule has 1 rings (SSSR count). The van der Waals surface area contributed by atoms with E-state index in [1.165, 1.54) is 0 Å². The van der Waals surface area contributed by atoms with Gasteiger partial charge in [0.25, 0.3) is 12.1 Å². The Labute approximate surface area is 80.7 Å². The molecule has 0 aliphatic heterocycles. The molecular weight excluding hydrogens is 217 g/mol. The molecule has 0 N–H and O–H groups in total. The Morgan fingerprint density at radius 1 is 1.53 bits per heavy atom. The summed E-state index contributed by atoms with van der Waals surface area (Å²) in [6, 6.07) is 0.245. The van der Waals surface area contributed by atoms with Gasteiger partial charge in [0.1, 0.15) is 11.3 Å². The van der Waals surface area contributed by atoms with Gasteiger partial charge in [0, 0.05) is 0 Å². The lowest BCUT2D eigenvalue weighted by Gasteiger charge is -2.03. The second-order valence-corrected chi connectivity index (χ2v) is 2.44. The number of nitro groups is 1. The largest absolute Gasteiger partial charge is 0.296 e. The molecule has 0 aromatic carbocycles. The molecule has 1 aromatic rings. The van der Waals surface area contributed by atoms with Gasteiger partial charge in [-0.15, -0.1) is 0 Å².